The molecule has 5 N–H and O–H groups in total. The smallest absolute Gasteiger partial charge is 0.238 e. The van der Waals surface area contributed by atoms with Crippen LogP contribution in [0.5, 0.6) is 0 Å². The van der Waals surface area contributed by atoms with Crippen LogP contribution in [-0.4, -0.2) is 23.7 Å². The van der Waals surface area contributed by atoms with Crippen LogP contribution < -0.4 is 17.0 Å². The Labute approximate surface area is 120 Å². The zero-order valence-corrected chi connectivity index (χ0v) is 12.2. The summed E-state index contributed by atoms with van der Waals surface area (Å²) in [4.78, 5) is 23.8. The second kappa shape index (κ2) is 8.08. The molecule has 1 amide bonds. The number of ketones is 1. The maximum absolute atomic E-state index is 12.1. The van der Waals surface area contributed by atoms with Crippen molar-refractivity contribution >= 4 is 39.0 Å². The standard InChI is InChI=1S/C12H17N3O2S2/c1-18-19-7-8(12(17)15-14)6-11(16)9-4-2-3-5-10(9)13/h2-5,8H,6-7,13-14H2,1H3,(H,15,17). The van der Waals surface area contributed by atoms with Gasteiger partial charge in [-0.25, -0.2) is 5.84 Å². The summed E-state index contributed by atoms with van der Waals surface area (Å²) in [5.41, 5.74) is 8.73. The number of Topliss-reactive ketones (excluding diaryl/α,β-unsaturated/α-hetero) is 1. The third-order valence-electron chi connectivity index (χ3n) is 2.59. The molecule has 0 fully saturated rings. The first-order valence-corrected chi connectivity index (χ1v) is 8.36. The molecule has 0 bridgehead atoms. The molecule has 0 heterocycles. The molecule has 19 heavy (non-hydrogen) atoms. The quantitative estimate of drug-likeness (QED) is 0.176. The predicted molar refractivity (Wildman–Crippen MR) is 81.6 cm³/mol. The third-order valence-corrected chi connectivity index (χ3v) is 4.48. The second-order valence-electron chi connectivity index (χ2n) is 3.87. The molecule has 104 valence electrons. The summed E-state index contributed by atoms with van der Waals surface area (Å²) in [6, 6.07) is 6.84. The first kappa shape index (κ1) is 15.9. The van der Waals surface area contributed by atoms with E-state index >= 15 is 0 Å². The molecule has 1 rings (SSSR count). The Morgan fingerprint density at radius 1 is 1.37 bits per heavy atom. The van der Waals surface area contributed by atoms with E-state index in [0.29, 0.717) is 17.0 Å². The fraction of sp³-hybridized carbons (Fsp3) is 0.333. The van der Waals surface area contributed by atoms with Crippen molar-refractivity contribution in [3.63, 3.8) is 0 Å². The van der Waals surface area contributed by atoms with Crippen molar-refractivity contribution in [2.45, 2.75) is 6.42 Å². The van der Waals surface area contributed by atoms with E-state index in [0.717, 1.165) is 0 Å². The van der Waals surface area contributed by atoms with Crippen molar-refractivity contribution < 1.29 is 9.59 Å². The van der Waals surface area contributed by atoms with Crippen molar-refractivity contribution in [1.82, 2.24) is 5.43 Å². The lowest BCUT2D eigenvalue weighted by atomic mass is 9.98. The molecular formula is C12H17N3O2S2. The van der Waals surface area contributed by atoms with E-state index < -0.39 is 5.92 Å². The van der Waals surface area contributed by atoms with Crippen LogP contribution in [0.3, 0.4) is 0 Å². The molecule has 0 aliphatic carbocycles. The van der Waals surface area contributed by atoms with E-state index in [1.807, 2.05) is 6.26 Å². The Morgan fingerprint density at radius 3 is 2.63 bits per heavy atom. The van der Waals surface area contributed by atoms with Gasteiger partial charge in [0.25, 0.3) is 0 Å². The van der Waals surface area contributed by atoms with Gasteiger partial charge in [0.1, 0.15) is 0 Å². The highest BCUT2D eigenvalue weighted by molar-refractivity contribution is 8.76. The maximum Gasteiger partial charge on any atom is 0.238 e. The van der Waals surface area contributed by atoms with Crippen molar-refractivity contribution in [1.29, 1.82) is 0 Å². The van der Waals surface area contributed by atoms with Crippen LogP contribution in [0.4, 0.5) is 5.69 Å². The summed E-state index contributed by atoms with van der Waals surface area (Å²) in [6.07, 6.45) is 2.02. The number of nitrogen functional groups attached to an aromatic ring is 1. The molecule has 0 spiro atoms. The minimum absolute atomic E-state index is 0.102. The molecular weight excluding hydrogens is 282 g/mol. The number of rotatable bonds is 7. The zero-order chi connectivity index (χ0) is 14.3. The van der Waals surface area contributed by atoms with Crippen LogP contribution >= 0.6 is 21.6 Å². The molecule has 1 aromatic carbocycles. The number of para-hydroxylation sites is 1. The van der Waals surface area contributed by atoms with Gasteiger partial charge in [0, 0.05) is 23.4 Å². The Bertz CT molecular complexity index is 454. The number of hydrogen-bond acceptors (Lipinski definition) is 6. The topological polar surface area (TPSA) is 98.2 Å². The van der Waals surface area contributed by atoms with E-state index in [4.69, 9.17) is 11.6 Å². The predicted octanol–water partition coefficient (Wildman–Crippen LogP) is 1.46. The number of carbonyl (C=O) groups is 2. The molecule has 1 aromatic rings. The minimum Gasteiger partial charge on any atom is -0.398 e. The second-order valence-corrected chi connectivity index (χ2v) is 6.48. The molecule has 1 atom stereocenters. The van der Waals surface area contributed by atoms with Gasteiger partial charge in [-0.3, -0.25) is 15.0 Å². The number of nitrogens with one attached hydrogen (secondary N) is 1. The van der Waals surface area contributed by atoms with E-state index in [2.05, 4.69) is 5.43 Å². The van der Waals surface area contributed by atoms with Crippen molar-refractivity contribution in [3.8, 4) is 0 Å². The van der Waals surface area contributed by atoms with Gasteiger partial charge >= 0.3 is 0 Å². The minimum atomic E-state index is -0.449. The first-order chi connectivity index (χ1) is 9.10. The first-order valence-electron chi connectivity index (χ1n) is 5.64. The van der Waals surface area contributed by atoms with Gasteiger partial charge < -0.3 is 5.73 Å². The molecule has 7 heteroatoms. The van der Waals surface area contributed by atoms with Crippen molar-refractivity contribution in [2.75, 3.05) is 17.7 Å². The van der Waals surface area contributed by atoms with Crippen molar-refractivity contribution in [3.05, 3.63) is 29.8 Å². The molecule has 0 radical (unpaired) electrons. The van der Waals surface area contributed by atoms with Crippen LogP contribution in [0.15, 0.2) is 24.3 Å². The Hall–Kier alpha value is -1.18. The van der Waals surface area contributed by atoms with Gasteiger partial charge in [-0.15, -0.1) is 0 Å². The number of hydrogen-bond donors (Lipinski definition) is 3. The number of nitrogens with two attached hydrogens (primary N) is 2. The highest BCUT2D eigenvalue weighted by Gasteiger charge is 2.22. The fourth-order valence-corrected chi connectivity index (χ4v) is 3.05. The van der Waals surface area contributed by atoms with Gasteiger partial charge in [-0.05, 0) is 18.4 Å². The Balaban J connectivity index is 2.76. The number of benzene rings is 1. The Morgan fingerprint density at radius 2 is 2.05 bits per heavy atom. The summed E-state index contributed by atoms with van der Waals surface area (Å²) in [6.45, 7) is 0. The van der Waals surface area contributed by atoms with E-state index in [1.165, 1.54) is 10.8 Å². The van der Waals surface area contributed by atoms with E-state index in [-0.39, 0.29) is 18.1 Å². The molecule has 0 aliphatic rings. The average Bonchev–Trinajstić information content (AvgIpc) is 2.42. The van der Waals surface area contributed by atoms with Crippen molar-refractivity contribution in [2.24, 2.45) is 11.8 Å². The van der Waals surface area contributed by atoms with Gasteiger partial charge in [-0.1, -0.05) is 33.7 Å². The summed E-state index contributed by atoms with van der Waals surface area (Å²) in [5, 5.41) is 0. The average molecular weight is 299 g/mol. The van der Waals surface area contributed by atoms with Gasteiger partial charge in [-0.2, -0.15) is 0 Å². The summed E-state index contributed by atoms with van der Waals surface area (Å²) >= 11 is 0. The summed E-state index contributed by atoms with van der Waals surface area (Å²) < 4.78 is 0. The monoisotopic (exact) mass is 299 g/mol. The fourth-order valence-electron chi connectivity index (χ4n) is 1.58. The summed E-state index contributed by atoms with van der Waals surface area (Å²) in [7, 11) is 3.06. The Kier molecular flexibility index (Phi) is 6.75. The lowest BCUT2D eigenvalue weighted by molar-refractivity contribution is -0.124. The van der Waals surface area contributed by atoms with Crippen LogP contribution in [0.1, 0.15) is 16.8 Å². The molecule has 1 unspecified atom stereocenters. The van der Waals surface area contributed by atoms with Crippen LogP contribution in [0.2, 0.25) is 0 Å². The number of hydrazine groups is 1. The summed E-state index contributed by atoms with van der Waals surface area (Å²) in [5.74, 6) is 4.74. The number of carbonyl (C=O) groups excluding carboxylic acids is 2. The number of anilines is 1. The SMILES string of the molecule is CSSCC(CC(=O)c1ccccc1N)C(=O)NN. The molecule has 5 nitrogen and oxygen atoms in total. The van der Waals surface area contributed by atoms with Gasteiger partial charge in [0.15, 0.2) is 5.78 Å². The lowest BCUT2D eigenvalue weighted by Gasteiger charge is -2.14. The van der Waals surface area contributed by atoms with Crippen LogP contribution in [0, 0.1) is 5.92 Å². The van der Waals surface area contributed by atoms with Crippen LogP contribution in [0.25, 0.3) is 0 Å². The molecule has 0 aliphatic heterocycles. The number of amides is 1. The zero-order valence-electron chi connectivity index (χ0n) is 10.6. The molecule has 0 aromatic heterocycles. The lowest BCUT2D eigenvalue weighted by Crippen LogP contribution is -2.37. The van der Waals surface area contributed by atoms with Gasteiger partial charge in [0.05, 0.1) is 5.92 Å². The normalized spacial score (nSPS) is 11.9. The van der Waals surface area contributed by atoms with Crippen LogP contribution in [-0.2, 0) is 4.79 Å². The van der Waals surface area contributed by atoms with Gasteiger partial charge in [0.2, 0.25) is 5.91 Å². The maximum atomic E-state index is 12.1. The highest BCUT2D eigenvalue weighted by Crippen LogP contribution is 2.24. The molecule has 0 saturated carbocycles. The third kappa shape index (κ3) is 4.77. The largest absolute Gasteiger partial charge is 0.398 e. The van der Waals surface area contributed by atoms with E-state index in [1.54, 1.807) is 35.1 Å². The van der Waals surface area contributed by atoms with E-state index in [9.17, 15) is 9.59 Å². The molecule has 0 saturated heterocycles. The highest BCUT2D eigenvalue weighted by atomic mass is 33.1.